The lowest BCUT2D eigenvalue weighted by molar-refractivity contribution is -0.132. The number of ether oxygens (including phenoxy) is 1. The SMILES string of the molecule is CC[C@H]1CCCCN1C(=O)CSc1nnc(-c2ccccc2OC)n1C. The highest BCUT2D eigenvalue weighted by atomic mass is 32.2. The molecule has 1 amide bonds. The van der Waals surface area contributed by atoms with Gasteiger partial charge in [-0.3, -0.25) is 4.79 Å². The molecule has 0 bridgehead atoms. The summed E-state index contributed by atoms with van der Waals surface area (Å²) in [5, 5.41) is 9.32. The molecule has 1 aromatic heterocycles. The molecule has 2 aromatic rings. The van der Waals surface area contributed by atoms with Gasteiger partial charge in [-0.05, 0) is 37.8 Å². The number of aromatic nitrogens is 3. The first kappa shape index (κ1) is 18.8. The van der Waals surface area contributed by atoms with Crippen LogP contribution in [-0.4, -0.2) is 51.0 Å². The number of nitrogens with zero attached hydrogens (tertiary/aromatic N) is 4. The van der Waals surface area contributed by atoms with Gasteiger partial charge in [0.05, 0.1) is 18.4 Å². The summed E-state index contributed by atoms with van der Waals surface area (Å²) < 4.78 is 7.34. The Hall–Kier alpha value is -2.02. The van der Waals surface area contributed by atoms with Crippen molar-refractivity contribution in [3.05, 3.63) is 24.3 Å². The van der Waals surface area contributed by atoms with Crippen molar-refractivity contribution >= 4 is 17.7 Å². The number of piperidine rings is 1. The number of thioether (sulfide) groups is 1. The molecule has 1 saturated heterocycles. The molecule has 0 spiro atoms. The number of hydrogen-bond acceptors (Lipinski definition) is 5. The number of benzene rings is 1. The summed E-state index contributed by atoms with van der Waals surface area (Å²) in [6.45, 7) is 3.04. The zero-order valence-electron chi connectivity index (χ0n) is 15.6. The third-order valence-corrected chi connectivity index (χ3v) is 5.93. The fraction of sp³-hybridized carbons (Fsp3) is 0.526. The van der Waals surface area contributed by atoms with E-state index in [9.17, 15) is 4.79 Å². The van der Waals surface area contributed by atoms with E-state index in [1.54, 1.807) is 7.11 Å². The Bertz CT molecular complexity index is 762. The fourth-order valence-corrected chi connectivity index (χ4v) is 4.26. The Balaban J connectivity index is 1.70. The molecule has 0 N–H and O–H groups in total. The highest BCUT2D eigenvalue weighted by Gasteiger charge is 2.25. The van der Waals surface area contributed by atoms with Crippen LogP contribution in [0.5, 0.6) is 5.75 Å². The molecular weight excluding hydrogens is 348 g/mol. The topological polar surface area (TPSA) is 60.3 Å². The highest BCUT2D eigenvalue weighted by Crippen LogP contribution is 2.30. The molecule has 0 aliphatic carbocycles. The maximum Gasteiger partial charge on any atom is 0.233 e. The second-order valence-electron chi connectivity index (χ2n) is 6.50. The van der Waals surface area contributed by atoms with Crippen molar-refractivity contribution in [1.29, 1.82) is 0 Å². The maximum atomic E-state index is 12.7. The van der Waals surface area contributed by atoms with E-state index in [4.69, 9.17) is 4.74 Å². The van der Waals surface area contributed by atoms with Gasteiger partial charge in [0.1, 0.15) is 5.75 Å². The van der Waals surface area contributed by atoms with Crippen LogP contribution >= 0.6 is 11.8 Å². The number of methoxy groups -OCH3 is 1. The molecule has 1 fully saturated rings. The molecule has 6 nitrogen and oxygen atoms in total. The van der Waals surface area contributed by atoms with Crippen molar-refractivity contribution in [2.75, 3.05) is 19.4 Å². The van der Waals surface area contributed by atoms with Gasteiger partial charge < -0.3 is 14.2 Å². The molecule has 1 atom stereocenters. The number of likely N-dealkylation sites (tertiary alicyclic amines) is 1. The van der Waals surface area contributed by atoms with Gasteiger partial charge in [0, 0.05) is 19.6 Å². The Morgan fingerprint density at radius 1 is 1.31 bits per heavy atom. The Morgan fingerprint density at radius 2 is 2.12 bits per heavy atom. The zero-order chi connectivity index (χ0) is 18.5. The molecule has 0 radical (unpaired) electrons. The van der Waals surface area contributed by atoms with E-state index in [0.717, 1.165) is 48.1 Å². The van der Waals surface area contributed by atoms with Gasteiger partial charge in [0.15, 0.2) is 11.0 Å². The molecule has 3 rings (SSSR count). The molecule has 1 aliphatic heterocycles. The monoisotopic (exact) mass is 374 g/mol. The van der Waals surface area contributed by atoms with Crippen molar-refractivity contribution in [3.8, 4) is 17.1 Å². The van der Waals surface area contributed by atoms with Crippen LogP contribution in [0, 0.1) is 0 Å². The van der Waals surface area contributed by atoms with Crippen LogP contribution in [0.2, 0.25) is 0 Å². The standard InChI is InChI=1S/C19H26N4O2S/c1-4-14-9-7-8-12-23(14)17(24)13-26-19-21-20-18(22(19)2)15-10-5-6-11-16(15)25-3/h5-6,10-11,14H,4,7-9,12-13H2,1-3H3/t14-/m0/s1. The predicted molar refractivity (Wildman–Crippen MR) is 103 cm³/mol. The molecule has 0 saturated carbocycles. The normalized spacial score (nSPS) is 17.3. The van der Waals surface area contributed by atoms with Crippen molar-refractivity contribution in [1.82, 2.24) is 19.7 Å². The van der Waals surface area contributed by atoms with E-state index in [2.05, 4.69) is 17.1 Å². The summed E-state index contributed by atoms with van der Waals surface area (Å²) in [7, 11) is 3.57. The van der Waals surface area contributed by atoms with Crippen molar-refractivity contribution in [2.45, 2.75) is 43.8 Å². The molecule has 26 heavy (non-hydrogen) atoms. The molecule has 2 heterocycles. The van der Waals surface area contributed by atoms with Crippen LogP contribution in [0.3, 0.4) is 0 Å². The molecule has 0 unspecified atom stereocenters. The van der Waals surface area contributed by atoms with Gasteiger partial charge in [-0.2, -0.15) is 0 Å². The van der Waals surface area contributed by atoms with Crippen molar-refractivity contribution in [3.63, 3.8) is 0 Å². The van der Waals surface area contributed by atoms with Crippen LogP contribution in [0.25, 0.3) is 11.4 Å². The average Bonchev–Trinajstić information content (AvgIpc) is 3.06. The van der Waals surface area contributed by atoms with E-state index < -0.39 is 0 Å². The minimum Gasteiger partial charge on any atom is -0.496 e. The third-order valence-electron chi connectivity index (χ3n) is 4.93. The van der Waals surface area contributed by atoms with Gasteiger partial charge >= 0.3 is 0 Å². The summed E-state index contributed by atoms with van der Waals surface area (Å²) in [5.41, 5.74) is 0.894. The zero-order valence-corrected chi connectivity index (χ0v) is 16.5. The molecule has 1 aromatic carbocycles. The van der Waals surface area contributed by atoms with Gasteiger partial charge in [0.25, 0.3) is 0 Å². The average molecular weight is 375 g/mol. The summed E-state index contributed by atoms with van der Waals surface area (Å²) >= 11 is 1.45. The van der Waals surface area contributed by atoms with E-state index >= 15 is 0 Å². The van der Waals surface area contributed by atoms with Crippen LogP contribution in [0.4, 0.5) is 0 Å². The minimum absolute atomic E-state index is 0.198. The number of rotatable bonds is 6. The quantitative estimate of drug-likeness (QED) is 0.726. The summed E-state index contributed by atoms with van der Waals surface area (Å²) in [4.78, 5) is 14.7. The number of carbonyl (C=O) groups is 1. The fourth-order valence-electron chi connectivity index (χ4n) is 3.47. The molecular formula is C19H26N4O2S. The first-order valence-electron chi connectivity index (χ1n) is 9.10. The Kier molecular flexibility index (Phi) is 6.19. The van der Waals surface area contributed by atoms with Crippen LogP contribution < -0.4 is 4.74 Å². The third kappa shape index (κ3) is 3.87. The minimum atomic E-state index is 0.198. The van der Waals surface area contributed by atoms with Crippen molar-refractivity contribution in [2.24, 2.45) is 7.05 Å². The van der Waals surface area contributed by atoms with Gasteiger partial charge in [-0.25, -0.2) is 0 Å². The lowest BCUT2D eigenvalue weighted by Gasteiger charge is -2.35. The lowest BCUT2D eigenvalue weighted by atomic mass is 10.0. The van der Waals surface area contributed by atoms with Gasteiger partial charge in [-0.15, -0.1) is 10.2 Å². The number of hydrogen-bond donors (Lipinski definition) is 0. The van der Waals surface area contributed by atoms with Gasteiger partial charge in [-0.1, -0.05) is 30.8 Å². The van der Waals surface area contributed by atoms with E-state index in [1.165, 1.54) is 18.2 Å². The van der Waals surface area contributed by atoms with Crippen molar-refractivity contribution < 1.29 is 9.53 Å². The lowest BCUT2D eigenvalue weighted by Crippen LogP contribution is -2.44. The predicted octanol–water partition coefficient (Wildman–Crippen LogP) is 3.37. The van der Waals surface area contributed by atoms with E-state index in [0.29, 0.717) is 11.8 Å². The van der Waals surface area contributed by atoms with Crippen LogP contribution in [0.15, 0.2) is 29.4 Å². The first-order valence-corrected chi connectivity index (χ1v) is 10.1. The number of amides is 1. The van der Waals surface area contributed by atoms with Crippen LogP contribution in [-0.2, 0) is 11.8 Å². The summed E-state index contributed by atoms with van der Waals surface area (Å²) in [6, 6.07) is 8.13. The van der Waals surface area contributed by atoms with Crippen LogP contribution in [0.1, 0.15) is 32.6 Å². The second-order valence-corrected chi connectivity index (χ2v) is 7.44. The maximum absolute atomic E-state index is 12.7. The molecule has 140 valence electrons. The highest BCUT2D eigenvalue weighted by molar-refractivity contribution is 7.99. The summed E-state index contributed by atoms with van der Waals surface area (Å²) in [5.74, 6) is 2.09. The first-order chi connectivity index (χ1) is 12.7. The largest absolute Gasteiger partial charge is 0.496 e. The van der Waals surface area contributed by atoms with E-state index in [-0.39, 0.29) is 5.91 Å². The van der Waals surface area contributed by atoms with E-state index in [1.807, 2.05) is 40.8 Å². The summed E-state index contributed by atoms with van der Waals surface area (Å²) in [6.07, 6.45) is 4.48. The van der Waals surface area contributed by atoms with Gasteiger partial charge in [0.2, 0.25) is 5.91 Å². The smallest absolute Gasteiger partial charge is 0.233 e. The molecule has 1 aliphatic rings. The number of carbonyl (C=O) groups excluding carboxylic acids is 1. The second kappa shape index (κ2) is 8.58. The molecule has 7 heteroatoms. The Labute approximate surface area is 158 Å². The Morgan fingerprint density at radius 3 is 2.88 bits per heavy atom. The number of para-hydroxylation sites is 1.